The van der Waals surface area contributed by atoms with Gasteiger partial charge in [0.1, 0.15) is 5.71 Å². The summed E-state index contributed by atoms with van der Waals surface area (Å²) in [5.41, 5.74) is -0.316. The van der Waals surface area contributed by atoms with E-state index < -0.39 is 21.5 Å². The molecule has 2 amide bonds. The summed E-state index contributed by atoms with van der Waals surface area (Å²) in [6.07, 6.45) is 5.28. The maximum Gasteiger partial charge on any atom is 0.270 e. The van der Waals surface area contributed by atoms with E-state index in [9.17, 15) is 23.1 Å². The van der Waals surface area contributed by atoms with Crippen molar-refractivity contribution in [1.29, 1.82) is 0 Å². The van der Waals surface area contributed by atoms with E-state index in [1.54, 1.807) is 4.90 Å². The van der Waals surface area contributed by atoms with Gasteiger partial charge in [0, 0.05) is 31.8 Å². The van der Waals surface area contributed by atoms with Gasteiger partial charge in [0.2, 0.25) is 5.91 Å². The third-order valence-corrected chi connectivity index (χ3v) is 8.33. The van der Waals surface area contributed by atoms with Crippen LogP contribution in [0.5, 0.6) is 0 Å². The van der Waals surface area contributed by atoms with Crippen molar-refractivity contribution in [3.63, 3.8) is 0 Å². The SMILES string of the molecule is O=C(C1=NN([C@H]2CCS(=O)(=O)C2)C(=O)CC1)N1CC[C@@]2(O)CCCC[C@H]2C1. The lowest BCUT2D eigenvalue weighted by Crippen LogP contribution is -2.56. The summed E-state index contributed by atoms with van der Waals surface area (Å²) >= 11 is 0. The molecule has 4 rings (SSSR count). The molecule has 4 aliphatic rings. The number of nitrogens with zero attached hydrogens (tertiary/aromatic N) is 3. The molecule has 0 aromatic rings. The van der Waals surface area contributed by atoms with Crippen LogP contribution in [0.2, 0.25) is 0 Å². The van der Waals surface area contributed by atoms with Crippen LogP contribution in [0.25, 0.3) is 0 Å². The monoisotopic (exact) mass is 397 g/mol. The molecule has 0 aromatic heterocycles. The largest absolute Gasteiger partial charge is 0.389 e. The van der Waals surface area contributed by atoms with Crippen LogP contribution in [-0.4, -0.2) is 77.2 Å². The molecule has 3 aliphatic heterocycles. The molecule has 1 N–H and O–H groups in total. The number of likely N-dealkylation sites (tertiary alicyclic amines) is 1. The molecule has 150 valence electrons. The number of hydrazone groups is 1. The normalized spacial score (nSPS) is 36.3. The number of sulfone groups is 1. The molecule has 3 atom stereocenters. The van der Waals surface area contributed by atoms with Gasteiger partial charge in [-0.05, 0) is 25.7 Å². The summed E-state index contributed by atoms with van der Waals surface area (Å²) in [5.74, 6) is -0.310. The zero-order valence-electron chi connectivity index (χ0n) is 15.5. The maximum atomic E-state index is 13.0. The molecule has 8 nitrogen and oxygen atoms in total. The first kappa shape index (κ1) is 18.9. The van der Waals surface area contributed by atoms with E-state index in [0.717, 1.165) is 25.7 Å². The van der Waals surface area contributed by atoms with Crippen molar-refractivity contribution in [2.45, 2.75) is 63.0 Å². The van der Waals surface area contributed by atoms with Crippen LogP contribution < -0.4 is 0 Å². The van der Waals surface area contributed by atoms with Gasteiger partial charge in [0.25, 0.3) is 5.91 Å². The van der Waals surface area contributed by atoms with Crippen molar-refractivity contribution in [2.75, 3.05) is 24.6 Å². The number of piperidine rings is 1. The number of hydrogen-bond donors (Lipinski definition) is 1. The Bertz CT molecular complexity index is 780. The van der Waals surface area contributed by atoms with Crippen LogP contribution in [0.3, 0.4) is 0 Å². The molecule has 0 spiro atoms. The Morgan fingerprint density at radius 3 is 2.74 bits per heavy atom. The fraction of sp³-hybridized carbons (Fsp3) is 0.833. The first-order valence-electron chi connectivity index (χ1n) is 9.89. The highest BCUT2D eigenvalue weighted by molar-refractivity contribution is 7.91. The van der Waals surface area contributed by atoms with Gasteiger partial charge in [-0.1, -0.05) is 12.8 Å². The minimum atomic E-state index is -3.13. The Kier molecular flexibility index (Phi) is 4.78. The van der Waals surface area contributed by atoms with Gasteiger partial charge in [-0.25, -0.2) is 13.4 Å². The highest BCUT2D eigenvalue weighted by Gasteiger charge is 2.45. The number of aliphatic hydroxyl groups is 1. The lowest BCUT2D eigenvalue weighted by Gasteiger charge is -2.47. The highest BCUT2D eigenvalue weighted by atomic mass is 32.2. The van der Waals surface area contributed by atoms with Crippen molar-refractivity contribution in [3.05, 3.63) is 0 Å². The van der Waals surface area contributed by atoms with Gasteiger partial charge in [-0.2, -0.15) is 5.10 Å². The molecular formula is C18H27N3O5S. The van der Waals surface area contributed by atoms with Crippen LogP contribution in [0.1, 0.15) is 51.4 Å². The van der Waals surface area contributed by atoms with Crippen molar-refractivity contribution in [1.82, 2.24) is 9.91 Å². The number of amides is 2. The van der Waals surface area contributed by atoms with Crippen LogP contribution >= 0.6 is 0 Å². The highest BCUT2D eigenvalue weighted by Crippen LogP contribution is 2.40. The minimum Gasteiger partial charge on any atom is -0.389 e. The Labute approximate surface area is 159 Å². The van der Waals surface area contributed by atoms with Crippen molar-refractivity contribution in [2.24, 2.45) is 11.0 Å². The molecule has 0 bridgehead atoms. The van der Waals surface area contributed by atoms with E-state index in [1.165, 1.54) is 5.01 Å². The van der Waals surface area contributed by atoms with Gasteiger partial charge in [-0.3, -0.25) is 9.59 Å². The molecular weight excluding hydrogens is 370 g/mol. The number of hydrogen-bond acceptors (Lipinski definition) is 6. The summed E-state index contributed by atoms with van der Waals surface area (Å²) in [7, 11) is -3.13. The molecule has 0 aromatic carbocycles. The third kappa shape index (κ3) is 3.63. The fourth-order valence-electron chi connectivity index (χ4n) is 4.92. The zero-order valence-corrected chi connectivity index (χ0v) is 16.3. The molecule has 0 unspecified atom stereocenters. The molecule has 27 heavy (non-hydrogen) atoms. The molecule has 3 fully saturated rings. The van der Waals surface area contributed by atoms with E-state index in [1.807, 2.05) is 0 Å². The Hall–Kier alpha value is -1.48. The van der Waals surface area contributed by atoms with Crippen molar-refractivity contribution >= 4 is 27.4 Å². The number of fused-ring (bicyclic) bond motifs is 1. The zero-order chi connectivity index (χ0) is 19.2. The van der Waals surface area contributed by atoms with Crippen molar-refractivity contribution < 1.29 is 23.1 Å². The Balaban J connectivity index is 1.48. The lowest BCUT2D eigenvalue weighted by atomic mass is 9.71. The first-order chi connectivity index (χ1) is 12.8. The summed E-state index contributed by atoms with van der Waals surface area (Å²) < 4.78 is 23.5. The van der Waals surface area contributed by atoms with Crippen LogP contribution in [0, 0.1) is 5.92 Å². The van der Waals surface area contributed by atoms with E-state index in [0.29, 0.717) is 38.1 Å². The van der Waals surface area contributed by atoms with Gasteiger partial charge in [-0.15, -0.1) is 0 Å². The van der Waals surface area contributed by atoms with E-state index >= 15 is 0 Å². The van der Waals surface area contributed by atoms with E-state index in [4.69, 9.17) is 0 Å². The summed E-state index contributed by atoms with van der Waals surface area (Å²) in [6, 6.07) is -0.463. The number of carbonyl (C=O) groups is 2. The second-order valence-electron chi connectivity index (χ2n) is 8.39. The molecule has 3 heterocycles. The second-order valence-corrected chi connectivity index (χ2v) is 10.6. The predicted molar refractivity (Wildman–Crippen MR) is 98.7 cm³/mol. The smallest absolute Gasteiger partial charge is 0.270 e. The average molecular weight is 397 g/mol. The second kappa shape index (κ2) is 6.84. The summed E-state index contributed by atoms with van der Waals surface area (Å²) in [4.78, 5) is 27.0. The Morgan fingerprint density at radius 2 is 2.00 bits per heavy atom. The summed E-state index contributed by atoms with van der Waals surface area (Å²) in [6.45, 7) is 1.02. The van der Waals surface area contributed by atoms with Crippen LogP contribution in [0.15, 0.2) is 5.10 Å². The Morgan fingerprint density at radius 1 is 1.19 bits per heavy atom. The van der Waals surface area contributed by atoms with E-state index in [2.05, 4.69) is 5.10 Å². The van der Waals surface area contributed by atoms with Crippen LogP contribution in [0.4, 0.5) is 0 Å². The van der Waals surface area contributed by atoms with E-state index in [-0.39, 0.29) is 35.7 Å². The van der Waals surface area contributed by atoms with Gasteiger partial charge < -0.3 is 10.0 Å². The standard InChI is InChI=1S/C18H27N3O5S/c22-16-5-4-15(19-21(16)14-6-10-27(25,26)12-14)17(23)20-9-8-18(24)7-2-1-3-13(18)11-20/h13-14,24H,1-12H2/t13-,14-,18-/m0/s1. The third-order valence-electron chi connectivity index (χ3n) is 6.58. The number of carbonyl (C=O) groups excluding carboxylic acids is 2. The van der Waals surface area contributed by atoms with Gasteiger partial charge in [0.05, 0.1) is 23.1 Å². The summed E-state index contributed by atoms with van der Waals surface area (Å²) in [5, 5.41) is 16.3. The molecule has 1 aliphatic carbocycles. The van der Waals surface area contributed by atoms with Crippen molar-refractivity contribution in [3.8, 4) is 0 Å². The molecule has 1 saturated carbocycles. The average Bonchev–Trinajstić information content (AvgIpc) is 3.00. The van der Waals surface area contributed by atoms with Gasteiger partial charge >= 0.3 is 0 Å². The fourth-order valence-corrected chi connectivity index (χ4v) is 6.61. The lowest BCUT2D eigenvalue weighted by molar-refractivity contribution is -0.137. The maximum absolute atomic E-state index is 13.0. The number of rotatable bonds is 2. The van der Waals surface area contributed by atoms with Gasteiger partial charge in [0.15, 0.2) is 9.84 Å². The minimum absolute atomic E-state index is 0.0621. The predicted octanol–water partition coefficient (Wildman–Crippen LogP) is 0.306. The van der Waals surface area contributed by atoms with Crippen LogP contribution in [-0.2, 0) is 19.4 Å². The topological polar surface area (TPSA) is 107 Å². The first-order valence-corrected chi connectivity index (χ1v) is 11.7. The molecule has 0 radical (unpaired) electrons. The molecule has 2 saturated heterocycles. The molecule has 9 heteroatoms. The quantitative estimate of drug-likeness (QED) is 0.721.